The number of nitrogens with one attached hydrogen (secondary N) is 2. The van der Waals surface area contributed by atoms with E-state index in [1.807, 2.05) is 181 Å². The van der Waals surface area contributed by atoms with Gasteiger partial charge in [0.25, 0.3) is 0 Å². The van der Waals surface area contributed by atoms with Crippen molar-refractivity contribution in [2.45, 2.75) is 303 Å². The van der Waals surface area contributed by atoms with E-state index in [-0.39, 0.29) is 91.0 Å². The van der Waals surface area contributed by atoms with E-state index in [1.54, 1.807) is 69.3 Å². The summed E-state index contributed by atoms with van der Waals surface area (Å²) in [5.41, 5.74) is 4.58. The van der Waals surface area contributed by atoms with E-state index in [9.17, 15) is 14.4 Å². The van der Waals surface area contributed by atoms with Crippen LogP contribution in [0.3, 0.4) is 0 Å². The van der Waals surface area contributed by atoms with Crippen LogP contribution in [-0.2, 0) is 57.1 Å². The van der Waals surface area contributed by atoms with Crippen LogP contribution in [0.25, 0.3) is 22.3 Å². The molecule has 0 saturated carbocycles. The van der Waals surface area contributed by atoms with Gasteiger partial charge < -0.3 is 53.8 Å². The Hall–Kier alpha value is -7.57. The first-order chi connectivity index (χ1) is 55.9. The molecule has 4 aliphatic heterocycles. The molecular weight excluding hydrogens is 1680 g/mol. The molecule has 3 amide bonds. The predicted molar refractivity (Wildman–Crippen MR) is 481 cm³/mol. The SMILES string of the molecule is CC[C@@H]1CC(N(Cc2cc(Cl)cc(Cl)c2)c2ncc(-c3cnn(C)c3)cn2)C[C@H](CC)N1C(=O)OC(C)(C)C.CC[C@@H]1CC(Nc2ncc(-c3cnn(C)c3)cn2)C[C@H](CC)N1C(=O)OC(C)(C)C.CC[C@@H]1CC(Nc2ncc(Br)cn2)C[C@H](CC)N1C(=O)OC(C)(C)C.ClCc1cc(Cl)cc(Cl)c1.Cn1cc(B2OC(C)(C)C(C)(C)O2)cn1. The molecule has 3 unspecified atom stereocenters. The molecule has 6 aromatic heterocycles. The maximum Gasteiger partial charge on any atom is 0.498 e. The standard InChI is InChI=1S/C29H38Cl2N6O2.C22H34N6O2.C18H29BrN4O2.C10H17BN2O2.C7H5Cl3/c1-7-24-12-26(13-25(8-2)37(24)28(38)39-29(3,4)5)36(17-19-9-22(30)11-23(31)10-19)27-32-14-20(15-33-27)21-16-34-35(6)18-21;1-7-18-9-17(10-19(8-2)28(18)21(29)30-22(3,4)5)26-20-23-11-15(12-24-20)16-13-25-27(6)14-16;1-6-14-8-13(22-16-20-10-12(19)11-21-16)9-15(7-2)23(14)17(24)25-18(3,4)5;1-9(2)10(3,4)15-11(14-9)8-6-12-13(5)7-8;8-4-5-1-6(9)3-7(10)2-5/h9-11,14-16,18,24-26H,7-8,12-13,17H2,1-6H3;11-14,17-19H,7-10H2,1-6H3,(H,23,24,26);10-11,13-15H,6-9H2,1-5H3,(H,20,21,22);6-7H,1-5H3;1-3H,4H2/t24-,25+,26?;17?,18-,19+;13?,14-,15+;;. The van der Waals surface area contributed by atoms with Crippen molar-refractivity contribution in [2.75, 3.05) is 15.5 Å². The van der Waals surface area contributed by atoms with Crippen molar-refractivity contribution >= 4 is 123 Å². The second-order valence-corrected chi connectivity index (χ2v) is 37.7. The third-order valence-electron chi connectivity index (χ3n) is 21.3. The molecule has 10 heterocycles. The van der Waals surface area contributed by atoms with Crippen LogP contribution < -0.4 is 21.0 Å². The Labute approximate surface area is 738 Å². The number of piperidine rings is 3. The summed E-state index contributed by atoms with van der Waals surface area (Å²) in [6.07, 6.45) is 31.5. The fraction of sp³-hybridized carbons (Fsp3) is 0.581. The number of aromatic nitrogens is 12. The molecule has 0 spiro atoms. The molecule has 650 valence electrons. The van der Waals surface area contributed by atoms with Gasteiger partial charge in [0.05, 0.1) is 28.1 Å². The van der Waals surface area contributed by atoms with Gasteiger partial charge in [0.2, 0.25) is 17.8 Å². The first-order valence-electron chi connectivity index (χ1n) is 41.2. The van der Waals surface area contributed by atoms with E-state index in [0.29, 0.717) is 50.4 Å². The van der Waals surface area contributed by atoms with Crippen LogP contribution in [0.1, 0.15) is 220 Å². The molecule has 12 rings (SSSR count). The normalized spacial score (nSPS) is 20.9. The Morgan fingerprint density at radius 3 is 1.10 bits per heavy atom. The molecule has 26 nitrogen and oxygen atoms in total. The van der Waals surface area contributed by atoms with Crippen LogP contribution in [-0.4, -0.2) is 182 Å². The molecule has 9 atom stereocenters. The predicted octanol–water partition coefficient (Wildman–Crippen LogP) is 20.5. The maximum atomic E-state index is 13.3. The van der Waals surface area contributed by atoms with Crippen molar-refractivity contribution in [1.82, 2.24) is 73.9 Å². The highest BCUT2D eigenvalue weighted by Crippen LogP contribution is 2.39. The monoisotopic (exact) mass is 1800 g/mol. The summed E-state index contributed by atoms with van der Waals surface area (Å²) in [4.78, 5) is 74.1. The average molecular weight is 1810 g/mol. The van der Waals surface area contributed by atoms with Gasteiger partial charge in [0.1, 0.15) is 16.8 Å². The summed E-state index contributed by atoms with van der Waals surface area (Å²) >= 11 is 33.0. The van der Waals surface area contributed by atoms with Crippen molar-refractivity contribution in [1.29, 1.82) is 0 Å². The van der Waals surface area contributed by atoms with E-state index in [4.69, 9.17) is 91.5 Å². The van der Waals surface area contributed by atoms with Gasteiger partial charge in [-0.15, -0.1) is 11.6 Å². The summed E-state index contributed by atoms with van der Waals surface area (Å²) in [6.45, 7) is 38.6. The Bertz CT molecular complexity index is 4440. The van der Waals surface area contributed by atoms with E-state index >= 15 is 0 Å². The minimum absolute atomic E-state index is 0.0312. The van der Waals surface area contributed by atoms with Gasteiger partial charge in [-0.1, -0.05) is 87.9 Å². The third kappa shape index (κ3) is 28.5. The molecular formula is C86H123BBrCl5N18O8. The molecule has 119 heavy (non-hydrogen) atoms. The topological polar surface area (TPSA) is 265 Å². The van der Waals surface area contributed by atoms with Gasteiger partial charge in [-0.2, -0.15) is 15.3 Å². The van der Waals surface area contributed by atoms with Gasteiger partial charge in [-0.3, -0.25) is 14.0 Å². The fourth-order valence-electron chi connectivity index (χ4n) is 14.9. The molecule has 0 radical (unpaired) electrons. The Balaban J connectivity index is 0.000000197. The van der Waals surface area contributed by atoms with Crippen molar-refractivity contribution in [3.05, 3.63) is 146 Å². The summed E-state index contributed by atoms with van der Waals surface area (Å²) in [5, 5.41) is 21.9. The Morgan fingerprint density at radius 1 is 0.471 bits per heavy atom. The zero-order valence-corrected chi connectivity index (χ0v) is 78.6. The first kappa shape index (κ1) is 96.9. The molecule has 4 fully saturated rings. The van der Waals surface area contributed by atoms with Crippen molar-refractivity contribution in [3.8, 4) is 22.3 Å². The number of aryl methyl sites for hydroxylation is 3. The summed E-state index contributed by atoms with van der Waals surface area (Å²) in [5.74, 6) is 2.31. The number of alkyl halides is 1. The largest absolute Gasteiger partial charge is 0.498 e. The van der Waals surface area contributed by atoms with Gasteiger partial charge in [-0.05, 0) is 231 Å². The zero-order valence-electron chi connectivity index (χ0n) is 73.3. The minimum atomic E-state index is -0.549. The summed E-state index contributed by atoms with van der Waals surface area (Å²) in [7, 11) is 5.35. The number of anilines is 3. The highest BCUT2D eigenvalue weighted by Gasteiger charge is 2.52. The number of halogens is 6. The third-order valence-corrected chi connectivity index (χ3v) is 22.9. The highest BCUT2D eigenvalue weighted by molar-refractivity contribution is 9.10. The lowest BCUT2D eigenvalue weighted by Crippen LogP contribution is -2.57. The van der Waals surface area contributed by atoms with Gasteiger partial charge in [-0.25, -0.2) is 44.3 Å². The molecule has 8 aromatic rings. The van der Waals surface area contributed by atoms with Crippen LogP contribution in [0.15, 0.2) is 115 Å². The number of benzene rings is 2. The molecule has 4 aliphatic rings. The number of nitrogens with zero attached hydrogens (tertiary/aromatic N) is 16. The lowest BCUT2D eigenvalue weighted by atomic mass is 9.82. The number of carbonyl (C=O) groups excluding carboxylic acids is 3. The lowest BCUT2D eigenvalue weighted by Gasteiger charge is -2.48. The second kappa shape index (κ2) is 43.0. The molecule has 0 aliphatic carbocycles. The average Bonchev–Trinajstić information content (AvgIpc) is 1.39. The Kier molecular flexibility index (Phi) is 35.0. The first-order valence-corrected chi connectivity index (χ1v) is 44.0. The molecule has 4 saturated heterocycles. The Morgan fingerprint density at radius 2 is 0.790 bits per heavy atom. The molecule has 0 bridgehead atoms. The molecule has 2 N–H and O–H groups in total. The van der Waals surface area contributed by atoms with Gasteiger partial charge in [0.15, 0.2) is 0 Å². The number of hydrogen-bond donors (Lipinski definition) is 2. The molecule has 33 heteroatoms. The van der Waals surface area contributed by atoms with Gasteiger partial charge in [0, 0.05) is 198 Å². The van der Waals surface area contributed by atoms with Crippen molar-refractivity contribution < 1.29 is 37.9 Å². The lowest BCUT2D eigenvalue weighted by molar-refractivity contribution is -0.0103. The van der Waals surface area contributed by atoms with Crippen LogP contribution in [0.2, 0.25) is 20.1 Å². The number of ether oxygens (including phenoxy) is 3. The molecule has 2 aromatic carbocycles. The van der Waals surface area contributed by atoms with E-state index in [0.717, 1.165) is 120 Å². The number of amides is 3. The zero-order chi connectivity index (χ0) is 87.6. The smallest absolute Gasteiger partial charge is 0.444 e. The number of carbonyl (C=O) groups is 3. The maximum absolute atomic E-state index is 13.3. The van der Waals surface area contributed by atoms with Crippen LogP contribution in [0.5, 0.6) is 0 Å². The van der Waals surface area contributed by atoms with Gasteiger partial charge >= 0.3 is 25.4 Å². The summed E-state index contributed by atoms with van der Waals surface area (Å²) in [6, 6.07) is 12.0. The van der Waals surface area contributed by atoms with Crippen LogP contribution in [0, 0.1) is 0 Å². The number of rotatable bonds is 18. The van der Waals surface area contributed by atoms with Crippen molar-refractivity contribution in [2.24, 2.45) is 21.1 Å². The van der Waals surface area contributed by atoms with Crippen LogP contribution >= 0.6 is 73.9 Å². The summed E-state index contributed by atoms with van der Waals surface area (Å²) < 4.78 is 35.0. The van der Waals surface area contributed by atoms with E-state index < -0.39 is 16.8 Å². The van der Waals surface area contributed by atoms with E-state index in [2.05, 4.69) is 108 Å². The fourth-order valence-corrected chi connectivity index (χ4v) is 16.4. The number of likely N-dealkylation sites (tertiary alicyclic amines) is 3. The minimum Gasteiger partial charge on any atom is -0.444 e. The van der Waals surface area contributed by atoms with Crippen molar-refractivity contribution in [3.63, 3.8) is 0 Å². The van der Waals surface area contributed by atoms with E-state index in [1.165, 1.54) is 0 Å². The number of hydrogen-bond acceptors (Lipinski definition) is 20. The van der Waals surface area contributed by atoms with Crippen LogP contribution in [0.4, 0.5) is 32.2 Å². The second-order valence-electron chi connectivity index (χ2n) is 34.7. The quantitative estimate of drug-likeness (QED) is 0.0459. The highest BCUT2D eigenvalue weighted by atomic mass is 79.9.